The Bertz CT molecular complexity index is 988. The molecule has 0 aliphatic carbocycles. The molecule has 0 saturated heterocycles. The Balaban J connectivity index is 1.55. The fraction of sp³-hybridized carbons (Fsp3) is 0.167. The first-order valence-corrected chi connectivity index (χ1v) is 10.1. The van der Waals surface area contributed by atoms with Crippen LogP contribution in [-0.2, 0) is 0 Å². The van der Waals surface area contributed by atoms with Gasteiger partial charge in [0.05, 0.1) is 11.8 Å². The van der Waals surface area contributed by atoms with Crippen molar-refractivity contribution >= 4 is 23.2 Å². The Labute approximate surface area is 175 Å². The second kappa shape index (κ2) is 8.93. The van der Waals surface area contributed by atoms with E-state index in [1.54, 1.807) is 0 Å². The quantitative estimate of drug-likeness (QED) is 0.634. The molecule has 0 saturated carbocycles. The molecule has 1 atom stereocenters. The lowest BCUT2D eigenvalue weighted by Crippen LogP contribution is -2.35. The average Bonchev–Trinajstić information content (AvgIpc) is 3.26. The normalized spacial score (nSPS) is 14.4. The average molecular weight is 404 g/mol. The second-order valence-electron chi connectivity index (χ2n) is 6.97. The maximum atomic E-state index is 12.5. The number of hydrogen-bond donors (Lipinski definition) is 1. The first kappa shape index (κ1) is 19.2. The molecule has 0 unspecified atom stereocenters. The van der Waals surface area contributed by atoms with Crippen LogP contribution in [0.1, 0.15) is 33.9 Å². The summed E-state index contributed by atoms with van der Waals surface area (Å²) in [5.74, 6) is -0.0870. The minimum atomic E-state index is -0.0870. The van der Waals surface area contributed by atoms with Crippen molar-refractivity contribution in [2.75, 3.05) is 13.1 Å². The summed E-state index contributed by atoms with van der Waals surface area (Å²) in [6, 6.07) is 27.2. The second-order valence-corrected chi connectivity index (χ2v) is 7.41. The van der Waals surface area contributed by atoms with Crippen molar-refractivity contribution in [3.05, 3.63) is 107 Å². The number of rotatable bonds is 6. The molecule has 4 rings (SSSR count). The highest BCUT2D eigenvalue weighted by Crippen LogP contribution is 2.27. The molecule has 1 N–H and O–H groups in total. The van der Waals surface area contributed by atoms with Crippen LogP contribution in [-0.4, -0.2) is 29.7 Å². The summed E-state index contributed by atoms with van der Waals surface area (Å²) >= 11 is 6.08. The number of hydrazone groups is 1. The van der Waals surface area contributed by atoms with Crippen molar-refractivity contribution in [1.29, 1.82) is 0 Å². The van der Waals surface area contributed by atoms with Gasteiger partial charge in [-0.25, -0.2) is 0 Å². The van der Waals surface area contributed by atoms with Crippen LogP contribution < -0.4 is 5.32 Å². The first-order chi connectivity index (χ1) is 14.2. The number of carbonyl (C=O) groups excluding carboxylic acids is 1. The fourth-order valence-corrected chi connectivity index (χ4v) is 3.62. The van der Waals surface area contributed by atoms with Gasteiger partial charge in [0.15, 0.2) is 0 Å². The number of amides is 1. The number of hydrogen-bond acceptors (Lipinski definition) is 3. The van der Waals surface area contributed by atoms with Gasteiger partial charge in [-0.05, 0) is 35.4 Å². The maximum absolute atomic E-state index is 12.5. The molecule has 29 heavy (non-hydrogen) atoms. The van der Waals surface area contributed by atoms with E-state index in [0.717, 1.165) is 29.8 Å². The zero-order chi connectivity index (χ0) is 20.1. The number of nitrogens with zero attached hydrogens (tertiary/aromatic N) is 2. The zero-order valence-electron chi connectivity index (χ0n) is 16.0. The smallest absolute Gasteiger partial charge is 0.251 e. The monoisotopic (exact) mass is 403 g/mol. The van der Waals surface area contributed by atoms with Crippen LogP contribution in [0, 0.1) is 0 Å². The van der Waals surface area contributed by atoms with E-state index < -0.39 is 0 Å². The Kier molecular flexibility index (Phi) is 5.92. The Morgan fingerprint density at radius 2 is 1.62 bits per heavy atom. The molecule has 3 aromatic carbocycles. The Morgan fingerprint density at radius 1 is 0.966 bits per heavy atom. The highest BCUT2D eigenvalue weighted by molar-refractivity contribution is 6.30. The van der Waals surface area contributed by atoms with Gasteiger partial charge in [0.1, 0.15) is 0 Å². The van der Waals surface area contributed by atoms with Gasteiger partial charge in [-0.1, -0.05) is 72.3 Å². The predicted molar refractivity (Wildman–Crippen MR) is 117 cm³/mol. The van der Waals surface area contributed by atoms with E-state index in [-0.39, 0.29) is 11.9 Å². The van der Waals surface area contributed by atoms with Crippen molar-refractivity contribution in [3.8, 4) is 0 Å². The fourth-order valence-electron chi connectivity index (χ4n) is 3.49. The predicted octanol–water partition coefficient (Wildman–Crippen LogP) is 4.92. The highest BCUT2D eigenvalue weighted by Gasteiger charge is 2.25. The van der Waals surface area contributed by atoms with Gasteiger partial charge < -0.3 is 5.32 Å². The van der Waals surface area contributed by atoms with Gasteiger partial charge in [-0.15, -0.1) is 0 Å². The summed E-state index contributed by atoms with van der Waals surface area (Å²) < 4.78 is 0. The third kappa shape index (κ3) is 4.66. The van der Waals surface area contributed by atoms with Crippen LogP contribution >= 0.6 is 11.6 Å². The van der Waals surface area contributed by atoms with E-state index in [9.17, 15) is 4.79 Å². The highest BCUT2D eigenvalue weighted by atomic mass is 35.5. The molecule has 1 amide bonds. The molecule has 4 nitrogen and oxygen atoms in total. The van der Waals surface area contributed by atoms with Gasteiger partial charge >= 0.3 is 0 Å². The van der Waals surface area contributed by atoms with Crippen LogP contribution in [0.25, 0.3) is 0 Å². The van der Waals surface area contributed by atoms with Gasteiger partial charge in [-0.3, -0.25) is 9.80 Å². The minimum absolute atomic E-state index is 0.0684. The van der Waals surface area contributed by atoms with Crippen LogP contribution in [0.3, 0.4) is 0 Å². The van der Waals surface area contributed by atoms with E-state index in [0.29, 0.717) is 17.1 Å². The van der Waals surface area contributed by atoms with E-state index in [1.807, 2.05) is 72.8 Å². The van der Waals surface area contributed by atoms with Crippen molar-refractivity contribution in [2.45, 2.75) is 12.5 Å². The summed E-state index contributed by atoms with van der Waals surface area (Å²) in [7, 11) is 0. The topological polar surface area (TPSA) is 44.7 Å². The lowest BCUT2D eigenvalue weighted by Gasteiger charge is -2.27. The standard InChI is InChI=1S/C24H22ClN3O/c25-21-13-11-19(12-14-21)23(17-26-24(29)20-9-5-2-6-10-20)28-16-15-22(27-28)18-7-3-1-4-8-18/h1-14,23H,15-17H2,(H,26,29)/t23-/m0/s1. The van der Waals surface area contributed by atoms with Crippen molar-refractivity contribution in [2.24, 2.45) is 5.10 Å². The van der Waals surface area contributed by atoms with Crippen molar-refractivity contribution in [3.63, 3.8) is 0 Å². The molecule has 0 spiro atoms. The van der Waals surface area contributed by atoms with Crippen molar-refractivity contribution < 1.29 is 4.79 Å². The van der Waals surface area contributed by atoms with Gasteiger partial charge in [-0.2, -0.15) is 5.10 Å². The summed E-state index contributed by atoms with van der Waals surface area (Å²) in [5.41, 5.74) is 3.93. The van der Waals surface area contributed by atoms with Crippen molar-refractivity contribution in [1.82, 2.24) is 10.3 Å². The summed E-state index contributed by atoms with van der Waals surface area (Å²) in [6.07, 6.45) is 0.876. The largest absolute Gasteiger partial charge is 0.350 e. The molecule has 0 fully saturated rings. The lowest BCUT2D eigenvalue weighted by atomic mass is 10.1. The molecule has 5 heteroatoms. The van der Waals surface area contributed by atoms with Gasteiger partial charge in [0.25, 0.3) is 5.91 Å². The van der Waals surface area contributed by atoms with E-state index in [2.05, 4.69) is 22.5 Å². The molecular weight excluding hydrogens is 382 g/mol. The van der Waals surface area contributed by atoms with Crippen LogP contribution in [0.15, 0.2) is 90.0 Å². The SMILES string of the molecule is O=C(NC[C@@H](c1ccc(Cl)cc1)N1CCC(c2ccccc2)=N1)c1ccccc1. The third-order valence-electron chi connectivity index (χ3n) is 5.04. The first-order valence-electron chi connectivity index (χ1n) is 9.69. The van der Waals surface area contributed by atoms with Crippen LogP contribution in [0.5, 0.6) is 0 Å². The van der Waals surface area contributed by atoms with E-state index in [1.165, 1.54) is 0 Å². The molecule has 1 heterocycles. The summed E-state index contributed by atoms with van der Waals surface area (Å²) in [5, 5.41) is 10.7. The number of carbonyl (C=O) groups is 1. The number of halogens is 1. The lowest BCUT2D eigenvalue weighted by molar-refractivity contribution is 0.0936. The molecule has 1 aliphatic heterocycles. The van der Waals surface area contributed by atoms with Crippen LogP contribution in [0.4, 0.5) is 0 Å². The maximum Gasteiger partial charge on any atom is 0.251 e. The Morgan fingerprint density at radius 3 is 2.31 bits per heavy atom. The molecule has 3 aromatic rings. The van der Waals surface area contributed by atoms with Gasteiger partial charge in [0, 0.05) is 30.1 Å². The summed E-state index contributed by atoms with van der Waals surface area (Å²) in [4.78, 5) is 12.5. The summed E-state index contributed by atoms with van der Waals surface area (Å²) in [6.45, 7) is 1.26. The minimum Gasteiger partial charge on any atom is -0.350 e. The van der Waals surface area contributed by atoms with E-state index >= 15 is 0 Å². The molecule has 0 bridgehead atoms. The molecule has 146 valence electrons. The van der Waals surface area contributed by atoms with Crippen LogP contribution in [0.2, 0.25) is 5.02 Å². The zero-order valence-corrected chi connectivity index (χ0v) is 16.7. The molecule has 1 aliphatic rings. The molecular formula is C24H22ClN3O. The molecule has 0 aromatic heterocycles. The molecule has 0 radical (unpaired) electrons. The Hall–Kier alpha value is -3.11. The van der Waals surface area contributed by atoms with Gasteiger partial charge in [0.2, 0.25) is 0 Å². The number of benzene rings is 3. The third-order valence-corrected chi connectivity index (χ3v) is 5.29. The van der Waals surface area contributed by atoms with E-state index in [4.69, 9.17) is 16.7 Å². The number of nitrogens with one attached hydrogen (secondary N) is 1.